The highest BCUT2D eigenvalue weighted by atomic mass is 32.2. The van der Waals surface area contributed by atoms with Gasteiger partial charge in [-0.05, 0) is 18.6 Å². The van der Waals surface area contributed by atoms with Crippen LogP contribution in [0.1, 0.15) is 11.3 Å². The normalized spacial score (nSPS) is 16.0. The van der Waals surface area contributed by atoms with Crippen LogP contribution in [0.5, 0.6) is 0 Å². The smallest absolute Gasteiger partial charge is 0.246 e. The van der Waals surface area contributed by atoms with Gasteiger partial charge in [0.25, 0.3) is 0 Å². The summed E-state index contributed by atoms with van der Waals surface area (Å²) in [5.74, 6) is 0. The number of hydrogen-bond donors (Lipinski definition) is 0. The van der Waals surface area contributed by atoms with Gasteiger partial charge >= 0.3 is 0 Å². The quantitative estimate of drug-likeness (QED) is 0.707. The van der Waals surface area contributed by atoms with Gasteiger partial charge in [0.15, 0.2) is 0 Å². The molecule has 4 rings (SSSR count). The third kappa shape index (κ3) is 1.97. The summed E-state index contributed by atoms with van der Waals surface area (Å²) in [6.45, 7) is 3.16. The van der Waals surface area contributed by atoms with E-state index in [1.807, 2.05) is 4.57 Å². The van der Waals surface area contributed by atoms with E-state index in [9.17, 15) is 8.42 Å². The fraction of sp³-hybridized carbons (Fsp3) is 0.308. The second-order valence-corrected chi connectivity index (χ2v) is 7.66. The number of nitrogens with zero attached hydrogens (tertiary/aromatic N) is 5. The van der Waals surface area contributed by atoms with Crippen molar-refractivity contribution in [1.29, 1.82) is 0 Å². The number of sulfonamides is 1. The van der Waals surface area contributed by atoms with Crippen LogP contribution in [0.15, 0.2) is 29.6 Å². The second kappa shape index (κ2) is 4.83. The van der Waals surface area contributed by atoms with Crippen molar-refractivity contribution in [2.45, 2.75) is 24.9 Å². The summed E-state index contributed by atoms with van der Waals surface area (Å²) in [4.78, 5) is 4.34. The average molecular weight is 335 g/mol. The number of fused-ring (bicyclic) bond motifs is 2. The van der Waals surface area contributed by atoms with E-state index in [2.05, 4.69) is 13.7 Å². The molecule has 1 aromatic carbocycles. The fourth-order valence-electron chi connectivity index (χ4n) is 2.75. The van der Waals surface area contributed by atoms with Gasteiger partial charge in [-0.1, -0.05) is 6.07 Å². The van der Waals surface area contributed by atoms with Gasteiger partial charge in [0, 0.05) is 19.3 Å². The van der Waals surface area contributed by atoms with Crippen molar-refractivity contribution < 1.29 is 8.42 Å². The Morgan fingerprint density at radius 1 is 1.23 bits per heavy atom. The van der Waals surface area contributed by atoms with Crippen LogP contribution in [0.4, 0.5) is 0 Å². The van der Waals surface area contributed by atoms with Gasteiger partial charge in [-0.25, -0.2) is 13.4 Å². The molecule has 0 bridgehead atoms. The van der Waals surface area contributed by atoms with Crippen molar-refractivity contribution in [2.24, 2.45) is 0 Å². The number of imidazole rings is 1. The van der Waals surface area contributed by atoms with Crippen LogP contribution in [0.25, 0.3) is 11.0 Å². The van der Waals surface area contributed by atoms with Crippen molar-refractivity contribution in [2.75, 3.05) is 6.54 Å². The first-order chi connectivity index (χ1) is 10.6. The molecule has 0 saturated heterocycles. The van der Waals surface area contributed by atoms with Crippen LogP contribution in [0.2, 0.25) is 0 Å². The first kappa shape index (κ1) is 13.8. The zero-order valence-electron chi connectivity index (χ0n) is 11.8. The second-order valence-electron chi connectivity index (χ2n) is 5.26. The average Bonchev–Trinajstić information content (AvgIpc) is 3.14. The highest BCUT2D eigenvalue weighted by molar-refractivity contribution is 7.89. The van der Waals surface area contributed by atoms with E-state index >= 15 is 0 Å². The molecule has 0 fully saturated rings. The lowest BCUT2D eigenvalue weighted by molar-refractivity contribution is 0.341. The SMILES string of the molecule is Cc1ccc2nsnc2c1S(=O)(=O)N1CCn2cncc2C1. The monoisotopic (exact) mass is 335 g/mol. The molecular weight excluding hydrogens is 322 g/mol. The van der Waals surface area contributed by atoms with E-state index in [0.717, 1.165) is 17.4 Å². The van der Waals surface area contributed by atoms with Gasteiger partial charge < -0.3 is 4.57 Å². The van der Waals surface area contributed by atoms with E-state index in [4.69, 9.17) is 0 Å². The molecular formula is C13H13N5O2S2. The number of hydrogen-bond acceptors (Lipinski definition) is 6. The van der Waals surface area contributed by atoms with Gasteiger partial charge in [-0.2, -0.15) is 13.1 Å². The van der Waals surface area contributed by atoms with Crippen molar-refractivity contribution in [3.63, 3.8) is 0 Å². The molecule has 2 aromatic heterocycles. The first-order valence-electron chi connectivity index (χ1n) is 6.78. The van der Waals surface area contributed by atoms with Crippen molar-refractivity contribution in [3.05, 3.63) is 35.9 Å². The van der Waals surface area contributed by atoms with Crippen LogP contribution in [-0.4, -0.2) is 37.6 Å². The van der Waals surface area contributed by atoms with Gasteiger partial charge in [0.05, 0.1) is 30.3 Å². The number of benzene rings is 1. The Morgan fingerprint density at radius 2 is 2.09 bits per heavy atom. The van der Waals surface area contributed by atoms with Gasteiger partial charge in [0.2, 0.25) is 10.0 Å². The Morgan fingerprint density at radius 3 is 2.95 bits per heavy atom. The topological polar surface area (TPSA) is 81.0 Å². The Kier molecular flexibility index (Phi) is 3.03. The van der Waals surface area contributed by atoms with Gasteiger partial charge in [0.1, 0.15) is 15.9 Å². The summed E-state index contributed by atoms with van der Waals surface area (Å²) in [5, 5.41) is 0. The summed E-state index contributed by atoms with van der Waals surface area (Å²) in [6, 6.07) is 3.59. The van der Waals surface area contributed by atoms with E-state index in [1.165, 1.54) is 4.31 Å². The highest BCUT2D eigenvalue weighted by Crippen LogP contribution is 2.29. The predicted molar refractivity (Wildman–Crippen MR) is 82.0 cm³/mol. The molecule has 0 radical (unpaired) electrons. The third-order valence-electron chi connectivity index (χ3n) is 3.90. The first-order valence-corrected chi connectivity index (χ1v) is 8.95. The molecule has 1 aliphatic heterocycles. The molecule has 0 aliphatic carbocycles. The summed E-state index contributed by atoms with van der Waals surface area (Å²) < 4.78 is 38.0. The Balaban J connectivity index is 1.84. The molecule has 0 atom stereocenters. The third-order valence-corrected chi connectivity index (χ3v) is 6.47. The molecule has 0 spiro atoms. The zero-order valence-corrected chi connectivity index (χ0v) is 13.4. The maximum atomic E-state index is 13.1. The minimum atomic E-state index is -3.61. The standard InChI is InChI=1S/C13H13N5O2S2/c1-9-2-3-11-12(16-21-15-11)13(9)22(19,20)18-5-4-17-8-14-6-10(17)7-18/h2-3,6,8H,4-5,7H2,1H3. The maximum absolute atomic E-state index is 13.1. The lowest BCUT2D eigenvalue weighted by Crippen LogP contribution is -2.38. The Hall–Kier alpha value is -1.84. The maximum Gasteiger partial charge on any atom is 0.246 e. The molecule has 3 heterocycles. The summed E-state index contributed by atoms with van der Waals surface area (Å²) in [5.41, 5.74) is 2.68. The van der Waals surface area contributed by atoms with E-state index in [0.29, 0.717) is 36.2 Å². The molecule has 1 aliphatic rings. The minimum Gasteiger partial charge on any atom is -0.332 e. The predicted octanol–water partition coefficient (Wildman–Crippen LogP) is 1.40. The molecule has 0 unspecified atom stereocenters. The molecule has 22 heavy (non-hydrogen) atoms. The minimum absolute atomic E-state index is 0.270. The number of rotatable bonds is 2. The molecule has 0 N–H and O–H groups in total. The van der Waals surface area contributed by atoms with E-state index in [-0.39, 0.29) is 4.90 Å². The summed E-state index contributed by atoms with van der Waals surface area (Å²) >= 11 is 1.03. The van der Waals surface area contributed by atoms with Crippen LogP contribution in [0.3, 0.4) is 0 Å². The van der Waals surface area contributed by atoms with E-state index < -0.39 is 10.0 Å². The molecule has 3 aromatic rings. The van der Waals surface area contributed by atoms with Crippen LogP contribution < -0.4 is 0 Å². The fourth-order valence-corrected chi connectivity index (χ4v) is 5.10. The van der Waals surface area contributed by atoms with Crippen molar-refractivity contribution in [1.82, 2.24) is 22.6 Å². The lowest BCUT2D eigenvalue weighted by atomic mass is 10.2. The molecule has 0 amide bonds. The number of aromatic nitrogens is 4. The van der Waals surface area contributed by atoms with Crippen LogP contribution in [-0.2, 0) is 23.1 Å². The number of aryl methyl sites for hydroxylation is 1. The summed E-state index contributed by atoms with van der Waals surface area (Å²) in [7, 11) is -3.61. The lowest BCUT2D eigenvalue weighted by Gasteiger charge is -2.27. The Bertz CT molecular complexity index is 960. The molecule has 114 valence electrons. The Labute approximate surface area is 131 Å². The molecule has 9 heteroatoms. The van der Waals surface area contributed by atoms with Crippen LogP contribution in [0, 0.1) is 6.92 Å². The molecule has 7 nitrogen and oxygen atoms in total. The van der Waals surface area contributed by atoms with E-state index in [1.54, 1.807) is 31.6 Å². The van der Waals surface area contributed by atoms with Gasteiger partial charge in [-0.3, -0.25) is 0 Å². The highest BCUT2D eigenvalue weighted by Gasteiger charge is 2.32. The van der Waals surface area contributed by atoms with Gasteiger partial charge in [-0.15, -0.1) is 0 Å². The summed E-state index contributed by atoms with van der Waals surface area (Å²) in [6.07, 6.45) is 3.44. The largest absolute Gasteiger partial charge is 0.332 e. The van der Waals surface area contributed by atoms with Crippen molar-refractivity contribution in [3.8, 4) is 0 Å². The van der Waals surface area contributed by atoms with Crippen molar-refractivity contribution >= 4 is 32.8 Å². The zero-order chi connectivity index (χ0) is 15.3. The van der Waals surface area contributed by atoms with Crippen LogP contribution >= 0.6 is 11.7 Å². The molecule has 0 saturated carbocycles.